The Labute approximate surface area is 150 Å². The monoisotopic (exact) mass is 352 g/mol. The quantitative estimate of drug-likeness (QED) is 0.643. The molecule has 7 nitrogen and oxygen atoms in total. The van der Waals surface area contributed by atoms with Crippen LogP contribution in [0.4, 0.5) is 0 Å². The molecule has 2 aliphatic rings. The smallest absolute Gasteiger partial charge is 0.242 e. The number of likely N-dealkylation sites (N-methyl/N-ethyl adjacent to an activating group) is 1. The molecule has 0 aromatic carbocycles. The highest BCUT2D eigenvalue weighted by Gasteiger charge is 2.38. The molecule has 1 saturated heterocycles. The van der Waals surface area contributed by atoms with Crippen LogP contribution < -0.4 is 16.4 Å². The van der Waals surface area contributed by atoms with Crippen molar-refractivity contribution in [3.8, 4) is 0 Å². The van der Waals surface area contributed by atoms with Crippen molar-refractivity contribution in [3.05, 3.63) is 0 Å². The number of hydrogen-bond donors (Lipinski definition) is 3. The van der Waals surface area contributed by atoms with Crippen molar-refractivity contribution in [1.29, 1.82) is 0 Å². The maximum absolute atomic E-state index is 12.5. The third-order valence-electron chi connectivity index (χ3n) is 5.52. The maximum Gasteiger partial charge on any atom is 0.242 e. The van der Waals surface area contributed by atoms with E-state index in [1.165, 1.54) is 11.3 Å². The van der Waals surface area contributed by atoms with Crippen molar-refractivity contribution in [2.24, 2.45) is 17.6 Å². The summed E-state index contributed by atoms with van der Waals surface area (Å²) < 4.78 is 0. The molecule has 4 N–H and O–H groups in total. The van der Waals surface area contributed by atoms with Crippen molar-refractivity contribution in [1.82, 2.24) is 15.5 Å². The Morgan fingerprint density at radius 1 is 1.04 bits per heavy atom. The summed E-state index contributed by atoms with van der Waals surface area (Å²) in [6.45, 7) is 4.85. The average Bonchev–Trinajstić information content (AvgIpc) is 3.01. The molecule has 2 fully saturated rings. The molecule has 25 heavy (non-hydrogen) atoms. The summed E-state index contributed by atoms with van der Waals surface area (Å²) in [6, 6.07) is -0.726. The first-order valence-electron chi connectivity index (χ1n) is 9.56. The van der Waals surface area contributed by atoms with Gasteiger partial charge in [-0.1, -0.05) is 13.3 Å². The zero-order valence-corrected chi connectivity index (χ0v) is 15.4. The Morgan fingerprint density at radius 3 is 2.32 bits per heavy atom. The first-order valence-corrected chi connectivity index (χ1v) is 9.56. The summed E-state index contributed by atoms with van der Waals surface area (Å²) in [5.74, 6) is 0.291. The first kappa shape index (κ1) is 19.7. The molecule has 1 saturated carbocycles. The molecule has 0 radical (unpaired) electrons. The number of carbonyl (C=O) groups is 3. The number of amides is 3. The van der Waals surface area contributed by atoms with Crippen molar-refractivity contribution in [2.45, 2.75) is 64.5 Å². The molecule has 0 aromatic rings. The van der Waals surface area contributed by atoms with Crippen LogP contribution in [-0.4, -0.2) is 54.3 Å². The summed E-state index contributed by atoms with van der Waals surface area (Å²) >= 11 is 0. The second kappa shape index (κ2) is 9.17. The molecule has 142 valence electrons. The lowest BCUT2D eigenvalue weighted by Gasteiger charge is -2.27. The van der Waals surface area contributed by atoms with E-state index in [1.54, 1.807) is 0 Å². The Balaban J connectivity index is 1.82. The predicted molar refractivity (Wildman–Crippen MR) is 95.5 cm³/mol. The minimum atomic E-state index is -0.528. The topological polar surface area (TPSA) is 105 Å². The van der Waals surface area contributed by atoms with Crippen LogP contribution in [0.15, 0.2) is 0 Å². The maximum atomic E-state index is 12.5. The van der Waals surface area contributed by atoms with Crippen LogP contribution in [-0.2, 0) is 14.4 Å². The number of likely N-dealkylation sites (tertiary alicyclic amines) is 1. The van der Waals surface area contributed by atoms with Crippen molar-refractivity contribution >= 4 is 17.7 Å². The third-order valence-corrected chi connectivity index (χ3v) is 5.52. The van der Waals surface area contributed by atoms with E-state index in [0.29, 0.717) is 19.5 Å². The largest absolute Gasteiger partial charge is 0.355 e. The molecular formula is C18H32N4O3. The van der Waals surface area contributed by atoms with E-state index in [0.717, 1.165) is 31.6 Å². The summed E-state index contributed by atoms with van der Waals surface area (Å²) in [7, 11) is 0. The molecule has 0 aromatic heterocycles. The van der Waals surface area contributed by atoms with Gasteiger partial charge >= 0.3 is 0 Å². The van der Waals surface area contributed by atoms with Gasteiger partial charge in [0.2, 0.25) is 17.7 Å². The van der Waals surface area contributed by atoms with Gasteiger partial charge in [0.1, 0.15) is 6.04 Å². The van der Waals surface area contributed by atoms with Gasteiger partial charge in [-0.05, 0) is 44.9 Å². The van der Waals surface area contributed by atoms with E-state index in [-0.39, 0.29) is 36.2 Å². The van der Waals surface area contributed by atoms with Crippen molar-refractivity contribution < 1.29 is 14.4 Å². The average molecular weight is 352 g/mol. The second-order valence-corrected chi connectivity index (χ2v) is 7.30. The van der Waals surface area contributed by atoms with Gasteiger partial charge in [0.15, 0.2) is 0 Å². The van der Waals surface area contributed by atoms with Gasteiger partial charge in [0.05, 0.1) is 6.54 Å². The van der Waals surface area contributed by atoms with E-state index in [2.05, 4.69) is 17.6 Å². The minimum Gasteiger partial charge on any atom is -0.355 e. The lowest BCUT2D eigenvalue weighted by atomic mass is 9.80. The van der Waals surface area contributed by atoms with Crippen LogP contribution in [0.1, 0.15) is 52.4 Å². The van der Waals surface area contributed by atoms with Gasteiger partial charge in [-0.3, -0.25) is 14.4 Å². The highest BCUT2D eigenvalue weighted by Crippen LogP contribution is 2.30. The molecular weight excluding hydrogens is 320 g/mol. The van der Waals surface area contributed by atoms with Crippen LogP contribution in [0.25, 0.3) is 0 Å². The molecule has 1 aliphatic heterocycles. The van der Waals surface area contributed by atoms with Gasteiger partial charge in [-0.15, -0.1) is 0 Å². The molecule has 1 aliphatic carbocycles. The van der Waals surface area contributed by atoms with Gasteiger partial charge < -0.3 is 21.3 Å². The zero-order chi connectivity index (χ0) is 18.4. The fraction of sp³-hybridized carbons (Fsp3) is 0.833. The molecule has 1 heterocycles. The van der Waals surface area contributed by atoms with Gasteiger partial charge in [0, 0.05) is 25.0 Å². The van der Waals surface area contributed by atoms with E-state index < -0.39 is 6.04 Å². The van der Waals surface area contributed by atoms with E-state index in [1.807, 2.05) is 6.92 Å². The summed E-state index contributed by atoms with van der Waals surface area (Å²) in [6.07, 6.45) is 5.60. The highest BCUT2D eigenvalue weighted by atomic mass is 16.2. The fourth-order valence-electron chi connectivity index (χ4n) is 3.93. The molecule has 0 bridgehead atoms. The Bertz CT molecular complexity index is 489. The molecule has 0 spiro atoms. The van der Waals surface area contributed by atoms with E-state index in [4.69, 9.17) is 5.73 Å². The zero-order valence-electron chi connectivity index (χ0n) is 15.4. The van der Waals surface area contributed by atoms with Gasteiger partial charge in [-0.2, -0.15) is 0 Å². The lowest BCUT2D eigenvalue weighted by molar-refractivity contribution is -0.139. The highest BCUT2D eigenvalue weighted by molar-refractivity contribution is 5.91. The van der Waals surface area contributed by atoms with Crippen molar-refractivity contribution in [3.63, 3.8) is 0 Å². The Kier molecular flexibility index (Phi) is 7.23. The van der Waals surface area contributed by atoms with Crippen LogP contribution in [0.5, 0.6) is 0 Å². The normalized spacial score (nSPS) is 29.3. The number of rotatable bonds is 6. The van der Waals surface area contributed by atoms with Gasteiger partial charge in [-0.25, -0.2) is 0 Å². The summed E-state index contributed by atoms with van der Waals surface area (Å²) in [5.41, 5.74) is 5.93. The number of carbonyl (C=O) groups excluding carboxylic acids is 3. The van der Waals surface area contributed by atoms with Crippen LogP contribution >= 0.6 is 0 Å². The lowest BCUT2D eigenvalue weighted by Crippen LogP contribution is -2.49. The Morgan fingerprint density at radius 2 is 1.72 bits per heavy atom. The summed E-state index contributed by atoms with van der Waals surface area (Å²) in [5, 5.41) is 5.51. The van der Waals surface area contributed by atoms with Crippen LogP contribution in [0, 0.1) is 11.8 Å². The van der Waals surface area contributed by atoms with E-state index in [9.17, 15) is 14.4 Å². The molecule has 3 amide bonds. The number of nitrogens with one attached hydrogen (secondary N) is 2. The number of hydrogen-bond acceptors (Lipinski definition) is 4. The number of nitrogens with zero attached hydrogens (tertiary/aromatic N) is 1. The number of nitrogens with two attached hydrogens (primary N) is 1. The van der Waals surface area contributed by atoms with E-state index >= 15 is 0 Å². The molecule has 2 atom stereocenters. The molecule has 0 unspecified atom stereocenters. The first-order chi connectivity index (χ1) is 12.0. The Hall–Kier alpha value is -1.63. The molecule has 7 heteroatoms. The second-order valence-electron chi connectivity index (χ2n) is 7.30. The fourth-order valence-corrected chi connectivity index (χ4v) is 3.93. The summed E-state index contributed by atoms with van der Waals surface area (Å²) in [4.78, 5) is 38.4. The van der Waals surface area contributed by atoms with Crippen molar-refractivity contribution in [2.75, 3.05) is 19.6 Å². The minimum absolute atomic E-state index is 0.00984. The molecule has 2 rings (SSSR count). The SMILES string of the molecule is CCNC(=O)[C@@H]1C[C@@H](N)CN1C(=O)CNC(=O)C1CCC(CC)CC1. The predicted octanol–water partition coefficient (Wildman–Crippen LogP) is 0.383. The van der Waals surface area contributed by atoms with Crippen LogP contribution in [0.2, 0.25) is 0 Å². The van der Waals surface area contributed by atoms with Gasteiger partial charge in [0.25, 0.3) is 0 Å². The third kappa shape index (κ3) is 5.17. The van der Waals surface area contributed by atoms with Crippen LogP contribution in [0.3, 0.4) is 0 Å². The standard InChI is InChI=1S/C18H32N4O3/c1-3-12-5-7-13(8-6-12)17(24)21-10-16(23)22-11-14(19)9-15(22)18(25)20-4-2/h12-15H,3-11,19H2,1-2H3,(H,20,25)(H,21,24)/t12?,13?,14-,15+/m1/s1.